The minimum Gasteiger partial charge on any atom is -0.502 e. The zero-order chi connectivity index (χ0) is 8.72. The molecular formula is C8H9NO3. The van der Waals surface area contributed by atoms with Crippen molar-refractivity contribution in [1.82, 2.24) is 0 Å². The summed E-state index contributed by atoms with van der Waals surface area (Å²) in [5.74, 6) is -0.345. The summed E-state index contributed by atoms with van der Waals surface area (Å²) in [5.41, 5.74) is -1.04. The van der Waals surface area contributed by atoms with E-state index in [9.17, 15) is 9.59 Å². The highest BCUT2D eigenvalue weighted by Crippen LogP contribution is 2.24. The molecule has 0 radical (unpaired) electrons. The highest BCUT2D eigenvalue weighted by atomic mass is 16.3. The highest BCUT2D eigenvalue weighted by molar-refractivity contribution is 5.63. The second-order valence-corrected chi connectivity index (χ2v) is 3.05. The molecule has 4 nitrogen and oxygen atoms in total. The molecule has 0 bridgehead atoms. The summed E-state index contributed by atoms with van der Waals surface area (Å²) < 4.78 is 0. The smallest absolute Gasteiger partial charge is 0.271 e. The van der Waals surface area contributed by atoms with Gasteiger partial charge in [0.15, 0.2) is 5.75 Å². The van der Waals surface area contributed by atoms with Crippen molar-refractivity contribution in [1.29, 1.82) is 0 Å². The highest BCUT2D eigenvalue weighted by Gasteiger charge is 2.26. The molecule has 2 rings (SSSR count). The molecule has 1 aliphatic rings. The maximum atomic E-state index is 10.9. The van der Waals surface area contributed by atoms with Gasteiger partial charge in [-0.1, -0.05) is 0 Å². The number of hydrogen-bond donors (Lipinski definition) is 1. The maximum absolute atomic E-state index is 10.9. The zero-order valence-corrected chi connectivity index (χ0v) is 6.54. The second kappa shape index (κ2) is 2.33. The summed E-state index contributed by atoms with van der Waals surface area (Å²) in [7, 11) is 0. The van der Waals surface area contributed by atoms with E-state index in [1.807, 2.05) is 0 Å². The molecule has 0 aliphatic carbocycles. The average Bonchev–Trinajstić information content (AvgIpc) is 2.57. The first-order valence-corrected chi connectivity index (χ1v) is 3.99. The molecule has 0 spiro atoms. The van der Waals surface area contributed by atoms with E-state index in [1.54, 1.807) is 4.90 Å². The van der Waals surface area contributed by atoms with Crippen molar-refractivity contribution in [2.45, 2.75) is 12.8 Å². The Balaban J connectivity index is 2.35. The topological polar surface area (TPSA) is 57.6 Å². The van der Waals surface area contributed by atoms with Crippen LogP contribution in [0, 0.1) is 0 Å². The first-order chi connectivity index (χ1) is 5.72. The van der Waals surface area contributed by atoms with Crippen molar-refractivity contribution in [2.75, 3.05) is 18.0 Å². The molecule has 1 saturated heterocycles. The van der Waals surface area contributed by atoms with Crippen molar-refractivity contribution >= 4 is 5.69 Å². The normalized spacial score (nSPS) is 17.5. The van der Waals surface area contributed by atoms with Crippen molar-refractivity contribution < 1.29 is 5.11 Å². The van der Waals surface area contributed by atoms with Gasteiger partial charge >= 0.3 is 0 Å². The zero-order valence-electron chi connectivity index (χ0n) is 6.54. The van der Waals surface area contributed by atoms with Crippen LogP contribution in [0.3, 0.4) is 0 Å². The van der Waals surface area contributed by atoms with Crippen LogP contribution in [-0.4, -0.2) is 18.2 Å². The van der Waals surface area contributed by atoms with Crippen LogP contribution in [0.4, 0.5) is 5.69 Å². The molecule has 0 saturated carbocycles. The van der Waals surface area contributed by atoms with Crippen molar-refractivity contribution in [2.24, 2.45) is 0 Å². The van der Waals surface area contributed by atoms with Gasteiger partial charge in [0.05, 0.1) is 0 Å². The fraction of sp³-hybridized carbons (Fsp3) is 0.500. The van der Waals surface area contributed by atoms with Gasteiger partial charge in [-0.2, -0.15) is 0 Å². The second-order valence-electron chi connectivity index (χ2n) is 3.05. The minimum atomic E-state index is -0.739. The van der Waals surface area contributed by atoms with Gasteiger partial charge in [0.2, 0.25) is 0 Å². The summed E-state index contributed by atoms with van der Waals surface area (Å²) in [6.07, 6.45) is 2.05. The van der Waals surface area contributed by atoms with Gasteiger partial charge in [0.25, 0.3) is 10.9 Å². The molecule has 1 fully saturated rings. The molecule has 1 heterocycles. The predicted molar refractivity (Wildman–Crippen MR) is 44.5 cm³/mol. The Morgan fingerprint density at radius 3 is 2.17 bits per heavy atom. The van der Waals surface area contributed by atoms with Gasteiger partial charge < -0.3 is 10.0 Å². The van der Waals surface area contributed by atoms with Crippen LogP contribution in [0.2, 0.25) is 0 Å². The molecule has 1 aliphatic heterocycles. The first kappa shape index (κ1) is 7.34. The molecule has 0 aromatic heterocycles. The Kier molecular flexibility index (Phi) is 1.43. The van der Waals surface area contributed by atoms with E-state index < -0.39 is 10.9 Å². The summed E-state index contributed by atoms with van der Waals surface area (Å²) in [6.45, 7) is 1.55. The lowest BCUT2D eigenvalue weighted by Crippen LogP contribution is -2.38. The van der Waals surface area contributed by atoms with E-state index in [-0.39, 0.29) is 11.4 Å². The molecule has 0 unspecified atom stereocenters. The van der Waals surface area contributed by atoms with Crippen LogP contribution < -0.4 is 15.8 Å². The Hall–Kier alpha value is -1.32. The van der Waals surface area contributed by atoms with Crippen LogP contribution in [0.1, 0.15) is 12.8 Å². The van der Waals surface area contributed by atoms with Crippen molar-refractivity contribution in [3.63, 3.8) is 0 Å². The van der Waals surface area contributed by atoms with Gasteiger partial charge in [-0.3, -0.25) is 9.59 Å². The van der Waals surface area contributed by atoms with Gasteiger partial charge in [-0.25, -0.2) is 0 Å². The number of nitrogens with zero attached hydrogens (tertiary/aromatic N) is 1. The molecule has 64 valence electrons. The quantitative estimate of drug-likeness (QED) is 0.577. The molecule has 1 aromatic rings. The summed E-state index contributed by atoms with van der Waals surface area (Å²) in [6, 6.07) is 0. The van der Waals surface area contributed by atoms with Crippen molar-refractivity contribution in [3.8, 4) is 5.75 Å². The SMILES string of the molecule is O=c1c(O)c(N2CCCC2)c1=O. The van der Waals surface area contributed by atoms with E-state index in [1.165, 1.54) is 0 Å². The third-order valence-electron chi connectivity index (χ3n) is 2.28. The maximum Gasteiger partial charge on any atom is 0.271 e. The van der Waals surface area contributed by atoms with E-state index in [4.69, 9.17) is 5.11 Å². The van der Waals surface area contributed by atoms with Crippen molar-refractivity contribution in [3.05, 3.63) is 20.4 Å². The molecule has 12 heavy (non-hydrogen) atoms. The lowest BCUT2D eigenvalue weighted by atomic mass is 10.2. The van der Waals surface area contributed by atoms with Crippen LogP contribution >= 0.6 is 0 Å². The van der Waals surface area contributed by atoms with Crippen LogP contribution in [0.5, 0.6) is 5.75 Å². The minimum absolute atomic E-state index is 0.234. The first-order valence-electron chi connectivity index (χ1n) is 3.99. The summed E-state index contributed by atoms with van der Waals surface area (Å²) >= 11 is 0. The predicted octanol–water partition coefficient (Wildman–Crippen LogP) is -0.412. The van der Waals surface area contributed by atoms with E-state index in [0.29, 0.717) is 0 Å². The number of rotatable bonds is 1. The molecule has 4 heteroatoms. The Bertz CT molecular complexity index is 369. The fourth-order valence-electron chi connectivity index (χ4n) is 1.60. The van der Waals surface area contributed by atoms with Crippen LogP contribution in [-0.2, 0) is 0 Å². The monoisotopic (exact) mass is 167 g/mol. The van der Waals surface area contributed by atoms with Gasteiger partial charge in [0, 0.05) is 13.1 Å². The standard InChI is InChI=1S/C8H9NO3/c10-6-5(7(11)8(6)12)9-3-1-2-4-9/h10H,1-4H2. The lowest BCUT2D eigenvalue weighted by molar-refractivity contribution is 0.462. The third kappa shape index (κ3) is 0.776. The molecule has 0 atom stereocenters. The summed E-state index contributed by atoms with van der Waals surface area (Å²) in [5, 5.41) is 9.07. The number of anilines is 1. The molecule has 1 N–H and O–H groups in total. The van der Waals surface area contributed by atoms with Gasteiger partial charge in [-0.05, 0) is 12.8 Å². The Morgan fingerprint density at radius 1 is 1.08 bits per heavy atom. The van der Waals surface area contributed by atoms with E-state index >= 15 is 0 Å². The van der Waals surface area contributed by atoms with Gasteiger partial charge in [0.1, 0.15) is 5.69 Å². The number of aromatic hydroxyl groups is 1. The van der Waals surface area contributed by atoms with E-state index in [0.717, 1.165) is 25.9 Å². The largest absolute Gasteiger partial charge is 0.502 e. The fourth-order valence-corrected chi connectivity index (χ4v) is 1.60. The Labute approximate surface area is 68.7 Å². The van der Waals surface area contributed by atoms with Gasteiger partial charge in [-0.15, -0.1) is 0 Å². The Morgan fingerprint density at radius 2 is 1.67 bits per heavy atom. The number of hydrogen-bond acceptors (Lipinski definition) is 4. The lowest BCUT2D eigenvalue weighted by Gasteiger charge is -2.18. The molecule has 1 aromatic carbocycles. The van der Waals surface area contributed by atoms with Crippen LogP contribution in [0.25, 0.3) is 0 Å². The average molecular weight is 167 g/mol. The third-order valence-corrected chi connectivity index (χ3v) is 2.28. The molecular weight excluding hydrogens is 158 g/mol. The van der Waals surface area contributed by atoms with E-state index in [2.05, 4.69) is 0 Å². The summed E-state index contributed by atoms with van der Waals surface area (Å²) in [4.78, 5) is 23.4. The molecule has 0 amide bonds. The van der Waals surface area contributed by atoms with Crippen LogP contribution in [0.15, 0.2) is 9.59 Å².